The van der Waals surface area contributed by atoms with E-state index in [9.17, 15) is 8.42 Å². The molecular weight excluding hydrogens is 336 g/mol. The van der Waals surface area contributed by atoms with E-state index in [0.29, 0.717) is 25.7 Å². The molecule has 0 aliphatic rings. The van der Waals surface area contributed by atoms with Crippen LogP contribution in [-0.4, -0.2) is 57.7 Å². The number of aryl methyl sites for hydroxylation is 2. The van der Waals surface area contributed by atoms with Crippen molar-refractivity contribution in [2.24, 2.45) is 4.99 Å². The van der Waals surface area contributed by atoms with Gasteiger partial charge in [0.15, 0.2) is 5.96 Å². The number of aromatic nitrogens is 1. The van der Waals surface area contributed by atoms with Crippen LogP contribution in [-0.2, 0) is 21.1 Å². The van der Waals surface area contributed by atoms with Gasteiger partial charge in [-0.1, -0.05) is 0 Å². The Bertz CT molecular complexity index is 592. The highest BCUT2D eigenvalue weighted by Crippen LogP contribution is 2.16. The number of sulfone groups is 1. The Morgan fingerprint density at radius 3 is 2.61 bits per heavy atom. The molecule has 0 radical (unpaired) electrons. The maximum Gasteiger partial charge on any atom is 0.191 e. The maximum atomic E-state index is 11.0. The first kappa shape index (κ1) is 19.9. The Morgan fingerprint density at radius 2 is 2.04 bits per heavy atom. The van der Waals surface area contributed by atoms with E-state index in [0.717, 1.165) is 17.2 Å². The van der Waals surface area contributed by atoms with Gasteiger partial charge < -0.3 is 15.4 Å². The van der Waals surface area contributed by atoms with Crippen molar-refractivity contribution < 1.29 is 13.2 Å². The van der Waals surface area contributed by atoms with Crippen molar-refractivity contribution in [3.8, 4) is 0 Å². The van der Waals surface area contributed by atoms with Crippen LogP contribution in [0, 0.1) is 13.8 Å². The first-order valence-electron chi connectivity index (χ1n) is 7.52. The minimum atomic E-state index is -2.96. The molecule has 132 valence electrons. The molecule has 0 saturated carbocycles. The normalized spacial score (nSPS) is 12.4. The number of guanidine groups is 1. The molecule has 2 N–H and O–H groups in total. The third kappa shape index (κ3) is 8.87. The molecule has 0 fully saturated rings. The van der Waals surface area contributed by atoms with Crippen LogP contribution < -0.4 is 10.6 Å². The highest BCUT2D eigenvalue weighted by atomic mass is 32.2. The largest absolute Gasteiger partial charge is 0.379 e. The monoisotopic (exact) mass is 362 g/mol. The maximum absolute atomic E-state index is 11.0. The first-order chi connectivity index (χ1) is 10.8. The molecule has 0 unspecified atom stereocenters. The Kier molecular flexibility index (Phi) is 8.49. The lowest BCUT2D eigenvalue weighted by Gasteiger charge is -2.11. The zero-order valence-electron chi connectivity index (χ0n) is 14.2. The summed E-state index contributed by atoms with van der Waals surface area (Å²) in [6, 6.07) is 0. The van der Waals surface area contributed by atoms with Crippen LogP contribution >= 0.6 is 11.3 Å². The van der Waals surface area contributed by atoms with Crippen LogP contribution in [0.2, 0.25) is 0 Å². The highest BCUT2D eigenvalue weighted by molar-refractivity contribution is 7.90. The molecule has 0 bridgehead atoms. The van der Waals surface area contributed by atoms with E-state index in [-0.39, 0.29) is 12.4 Å². The average Bonchev–Trinajstić information content (AvgIpc) is 2.77. The second-order valence-corrected chi connectivity index (χ2v) is 8.66. The molecule has 1 aromatic heterocycles. The van der Waals surface area contributed by atoms with E-state index in [4.69, 9.17) is 4.74 Å². The fourth-order valence-corrected chi connectivity index (χ4v) is 2.93. The van der Waals surface area contributed by atoms with Gasteiger partial charge in [0.2, 0.25) is 0 Å². The fraction of sp³-hybridized carbons (Fsp3) is 0.714. The smallest absolute Gasteiger partial charge is 0.191 e. The summed E-state index contributed by atoms with van der Waals surface area (Å²) in [5.74, 6) is 0.744. The molecule has 1 heterocycles. The van der Waals surface area contributed by atoms with Crippen molar-refractivity contribution in [2.45, 2.75) is 27.3 Å². The topological polar surface area (TPSA) is 92.7 Å². The average molecular weight is 363 g/mol. The molecule has 23 heavy (non-hydrogen) atoms. The lowest BCUT2D eigenvalue weighted by atomic mass is 10.4. The first-order valence-corrected chi connectivity index (χ1v) is 10.4. The fourth-order valence-electron chi connectivity index (χ4n) is 1.65. The van der Waals surface area contributed by atoms with Crippen molar-refractivity contribution in [3.63, 3.8) is 0 Å². The van der Waals surface area contributed by atoms with Gasteiger partial charge in [-0.25, -0.2) is 18.4 Å². The predicted molar refractivity (Wildman–Crippen MR) is 94.9 cm³/mol. The third-order valence-corrected chi connectivity index (χ3v) is 4.89. The van der Waals surface area contributed by atoms with Crippen molar-refractivity contribution in [2.75, 3.05) is 38.3 Å². The Balaban J connectivity index is 2.35. The highest BCUT2D eigenvalue weighted by Gasteiger charge is 2.04. The van der Waals surface area contributed by atoms with Crippen molar-refractivity contribution in [1.82, 2.24) is 15.6 Å². The summed E-state index contributed by atoms with van der Waals surface area (Å²) in [5, 5.41) is 7.29. The third-order valence-electron chi connectivity index (χ3n) is 2.93. The number of ether oxygens (including phenoxy) is 1. The van der Waals surface area contributed by atoms with Crippen molar-refractivity contribution in [1.29, 1.82) is 0 Å². The van der Waals surface area contributed by atoms with Gasteiger partial charge in [-0.2, -0.15) is 0 Å². The van der Waals surface area contributed by atoms with Crippen molar-refractivity contribution >= 4 is 27.1 Å². The molecule has 1 aromatic rings. The van der Waals surface area contributed by atoms with E-state index in [2.05, 4.69) is 27.5 Å². The second kappa shape index (κ2) is 9.84. The van der Waals surface area contributed by atoms with Gasteiger partial charge in [-0.3, -0.25) is 0 Å². The number of aliphatic imine (C=N–C) groups is 1. The summed E-state index contributed by atoms with van der Waals surface area (Å²) >= 11 is 1.66. The quantitative estimate of drug-likeness (QED) is 0.385. The molecule has 0 aliphatic heterocycles. The SMILES string of the molecule is CCNC(=NCc1nc(C)c(C)s1)NCCOCCS(C)(=O)=O. The van der Waals surface area contributed by atoms with Gasteiger partial charge in [0.25, 0.3) is 0 Å². The summed E-state index contributed by atoms with van der Waals surface area (Å²) in [4.78, 5) is 10.2. The zero-order valence-corrected chi connectivity index (χ0v) is 15.8. The van der Waals surface area contributed by atoms with Crippen LogP contribution in [0.4, 0.5) is 0 Å². The summed E-state index contributed by atoms with van der Waals surface area (Å²) < 4.78 is 27.2. The van der Waals surface area contributed by atoms with Crippen molar-refractivity contribution in [3.05, 3.63) is 15.6 Å². The minimum Gasteiger partial charge on any atom is -0.379 e. The number of hydrogen-bond donors (Lipinski definition) is 2. The van der Waals surface area contributed by atoms with Gasteiger partial charge in [-0.05, 0) is 20.8 Å². The van der Waals surface area contributed by atoms with Crippen LogP contribution in [0.1, 0.15) is 22.5 Å². The molecule has 0 atom stereocenters. The lowest BCUT2D eigenvalue weighted by molar-refractivity contribution is 0.154. The number of nitrogens with zero attached hydrogens (tertiary/aromatic N) is 2. The summed E-state index contributed by atoms with van der Waals surface area (Å²) in [6.07, 6.45) is 1.20. The van der Waals surface area contributed by atoms with E-state index in [1.165, 1.54) is 11.1 Å². The van der Waals surface area contributed by atoms with E-state index in [1.807, 2.05) is 13.8 Å². The van der Waals surface area contributed by atoms with Crippen LogP contribution in [0.5, 0.6) is 0 Å². The van der Waals surface area contributed by atoms with E-state index in [1.54, 1.807) is 11.3 Å². The Labute approximate surface area is 142 Å². The standard InChI is InChI=1S/C14H26N4O3S2/c1-5-15-14(16-6-7-21-8-9-23(4,19)20)17-10-13-18-11(2)12(3)22-13/h5-10H2,1-4H3,(H2,15,16,17). The molecule has 9 heteroatoms. The molecule has 7 nitrogen and oxygen atoms in total. The van der Waals surface area contributed by atoms with Crippen LogP contribution in [0.25, 0.3) is 0 Å². The summed E-state index contributed by atoms with van der Waals surface area (Å²) in [6.45, 7) is 8.54. The van der Waals surface area contributed by atoms with Crippen LogP contribution in [0.3, 0.4) is 0 Å². The second-order valence-electron chi connectivity index (χ2n) is 5.11. The molecule has 0 spiro atoms. The zero-order chi connectivity index (χ0) is 17.3. The van der Waals surface area contributed by atoms with E-state index < -0.39 is 9.84 Å². The van der Waals surface area contributed by atoms with E-state index >= 15 is 0 Å². The van der Waals surface area contributed by atoms with Gasteiger partial charge in [0.05, 0.1) is 31.2 Å². The number of rotatable bonds is 9. The minimum absolute atomic E-state index is 0.0455. The molecule has 0 amide bonds. The molecule has 1 rings (SSSR count). The number of hydrogen-bond acceptors (Lipinski definition) is 6. The molecular formula is C14H26N4O3S2. The lowest BCUT2D eigenvalue weighted by Crippen LogP contribution is -2.39. The Morgan fingerprint density at radius 1 is 1.30 bits per heavy atom. The van der Waals surface area contributed by atoms with Crippen LogP contribution in [0.15, 0.2) is 4.99 Å². The Hall–Kier alpha value is -1.19. The van der Waals surface area contributed by atoms with Gasteiger partial charge >= 0.3 is 0 Å². The number of thiazole rings is 1. The molecule has 0 aromatic carbocycles. The van der Waals surface area contributed by atoms with Gasteiger partial charge in [0.1, 0.15) is 14.8 Å². The summed E-state index contributed by atoms with van der Waals surface area (Å²) in [5.41, 5.74) is 1.05. The number of nitrogens with one attached hydrogen (secondary N) is 2. The summed E-state index contributed by atoms with van der Waals surface area (Å²) in [7, 11) is -2.96. The van der Waals surface area contributed by atoms with Gasteiger partial charge in [0, 0.05) is 24.2 Å². The predicted octanol–water partition coefficient (Wildman–Crippen LogP) is 0.876. The van der Waals surface area contributed by atoms with Gasteiger partial charge in [-0.15, -0.1) is 11.3 Å². The molecule has 0 aliphatic carbocycles. The molecule has 0 saturated heterocycles.